The third-order valence-corrected chi connectivity index (χ3v) is 5.71. The van der Waals surface area contributed by atoms with Crippen molar-refractivity contribution >= 4 is 7.82 Å². The number of phosphoric acid groups is 1. The van der Waals surface area contributed by atoms with Crippen LogP contribution in [0.2, 0.25) is 0 Å². The standard InChI is InChI=1S/C19H33O4P/c1-7-18(3,4)16-12-15(10-9-11-23-24(20,21)22)13-17(14-16)19(5,6)8-2/h12-14H,7-11H2,1-6H3,(H2,20,21,22). The van der Waals surface area contributed by atoms with Crippen LogP contribution in [0, 0.1) is 0 Å². The Balaban J connectivity index is 3.04. The van der Waals surface area contributed by atoms with E-state index in [1.54, 1.807) is 0 Å². The average molecular weight is 356 g/mol. The molecule has 0 spiro atoms. The fourth-order valence-corrected chi connectivity index (χ4v) is 2.85. The third-order valence-electron chi connectivity index (χ3n) is 5.19. The molecule has 1 aromatic carbocycles. The highest BCUT2D eigenvalue weighted by Crippen LogP contribution is 2.36. The topological polar surface area (TPSA) is 66.8 Å². The average Bonchev–Trinajstić information content (AvgIpc) is 2.50. The highest BCUT2D eigenvalue weighted by molar-refractivity contribution is 7.46. The van der Waals surface area contributed by atoms with Crippen molar-refractivity contribution in [3.05, 3.63) is 34.9 Å². The van der Waals surface area contributed by atoms with Gasteiger partial charge in [0.25, 0.3) is 0 Å². The summed E-state index contributed by atoms with van der Waals surface area (Å²) in [5.74, 6) is 0. The molecule has 0 bridgehead atoms. The zero-order chi connectivity index (χ0) is 18.6. The molecule has 0 aliphatic rings. The normalized spacial score (nSPS) is 13.3. The first-order valence-electron chi connectivity index (χ1n) is 8.76. The van der Waals surface area contributed by atoms with Crippen LogP contribution in [-0.4, -0.2) is 16.4 Å². The number of hydrogen-bond donors (Lipinski definition) is 2. The van der Waals surface area contributed by atoms with Crippen molar-refractivity contribution < 1.29 is 18.9 Å². The summed E-state index contributed by atoms with van der Waals surface area (Å²) in [5.41, 5.74) is 4.08. The van der Waals surface area contributed by atoms with Crippen molar-refractivity contribution in [2.75, 3.05) is 6.61 Å². The molecule has 0 aliphatic carbocycles. The van der Waals surface area contributed by atoms with Crippen LogP contribution >= 0.6 is 7.82 Å². The Morgan fingerprint density at radius 3 is 1.79 bits per heavy atom. The van der Waals surface area contributed by atoms with Crippen molar-refractivity contribution in [2.24, 2.45) is 0 Å². The molecular weight excluding hydrogens is 323 g/mol. The lowest BCUT2D eigenvalue weighted by atomic mass is 9.75. The quantitative estimate of drug-likeness (QED) is 0.477. The van der Waals surface area contributed by atoms with Crippen molar-refractivity contribution in [2.45, 2.75) is 78.1 Å². The number of hydrogen-bond acceptors (Lipinski definition) is 2. The van der Waals surface area contributed by atoms with E-state index in [4.69, 9.17) is 9.79 Å². The molecule has 0 aromatic heterocycles. The first-order valence-corrected chi connectivity index (χ1v) is 10.3. The molecule has 0 radical (unpaired) electrons. The fourth-order valence-electron chi connectivity index (χ4n) is 2.49. The molecule has 0 heterocycles. The van der Waals surface area contributed by atoms with E-state index in [1.165, 1.54) is 16.7 Å². The Bertz CT molecular complexity index is 553. The van der Waals surface area contributed by atoms with Crippen LogP contribution in [0.4, 0.5) is 0 Å². The van der Waals surface area contributed by atoms with Gasteiger partial charge in [0.05, 0.1) is 6.61 Å². The van der Waals surface area contributed by atoms with Gasteiger partial charge < -0.3 is 9.79 Å². The summed E-state index contributed by atoms with van der Waals surface area (Å²) in [6.07, 6.45) is 3.46. The summed E-state index contributed by atoms with van der Waals surface area (Å²) in [6, 6.07) is 6.79. The van der Waals surface area contributed by atoms with Crippen LogP contribution in [0.3, 0.4) is 0 Å². The van der Waals surface area contributed by atoms with Crippen molar-refractivity contribution in [1.29, 1.82) is 0 Å². The zero-order valence-electron chi connectivity index (χ0n) is 15.9. The second-order valence-corrected chi connectivity index (χ2v) is 9.06. The molecule has 1 aromatic rings. The number of benzene rings is 1. The molecule has 138 valence electrons. The molecule has 0 fully saturated rings. The van der Waals surface area contributed by atoms with Crippen LogP contribution in [0.5, 0.6) is 0 Å². The summed E-state index contributed by atoms with van der Waals surface area (Å²) >= 11 is 0. The van der Waals surface area contributed by atoms with E-state index in [9.17, 15) is 4.57 Å². The van der Waals surface area contributed by atoms with E-state index in [0.29, 0.717) is 6.42 Å². The van der Waals surface area contributed by atoms with Gasteiger partial charge in [0.15, 0.2) is 0 Å². The molecule has 0 amide bonds. The molecule has 24 heavy (non-hydrogen) atoms. The van der Waals surface area contributed by atoms with Gasteiger partial charge in [-0.2, -0.15) is 0 Å². The van der Waals surface area contributed by atoms with Crippen molar-refractivity contribution in [1.82, 2.24) is 0 Å². The molecular formula is C19H33O4P. The monoisotopic (exact) mass is 356 g/mol. The molecule has 0 atom stereocenters. The highest BCUT2D eigenvalue weighted by Gasteiger charge is 2.24. The van der Waals surface area contributed by atoms with Crippen LogP contribution in [0.15, 0.2) is 18.2 Å². The Labute approximate surface area is 146 Å². The third kappa shape index (κ3) is 6.33. The predicted molar refractivity (Wildman–Crippen MR) is 99.4 cm³/mol. The second-order valence-electron chi connectivity index (χ2n) is 7.82. The number of phosphoric ester groups is 1. The van der Waals surface area contributed by atoms with E-state index >= 15 is 0 Å². The summed E-state index contributed by atoms with van der Waals surface area (Å²) in [7, 11) is -4.37. The van der Waals surface area contributed by atoms with E-state index in [2.05, 4.69) is 64.3 Å². The fraction of sp³-hybridized carbons (Fsp3) is 0.684. The lowest BCUT2D eigenvalue weighted by Gasteiger charge is -2.29. The Morgan fingerprint density at radius 1 is 0.958 bits per heavy atom. The molecule has 0 unspecified atom stereocenters. The van der Waals surface area contributed by atoms with Crippen LogP contribution < -0.4 is 0 Å². The zero-order valence-corrected chi connectivity index (χ0v) is 16.8. The SMILES string of the molecule is CCC(C)(C)c1cc(CCCOP(=O)(O)O)cc(C(C)(C)CC)c1. The molecule has 4 nitrogen and oxygen atoms in total. The van der Waals surface area contributed by atoms with Gasteiger partial charge in [-0.15, -0.1) is 0 Å². The molecule has 2 N–H and O–H groups in total. The molecule has 0 saturated heterocycles. The maximum Gasteiger partial charge on any atom is 0.469 e. The first kappa shape index (κ1) is 21.4. The molecule has 0 aliphatic heterocycles. The summed E-state index contributed by atoms with van der Waals surface area (Å²) in [4.78, 5) is 17.5. The summed E-state index contributed by atoms with van der Waals surface area (Å²) < 4.78 is 15.3. The lowest BCUT2D eigenvalue weighted by Crippen LogP contribution is -2.20. The molecule has 0 saturated carbocycles. The van der Waals surface area contributed by atoms with Crippen molar-refractivity contribution in [3.63, 3.8) is 0 Å². The maximum atomic E-state index is 10.8. The highest BCUT2D eigenvalue weighted by atomic mass is 31.2. The predicted octanol–water partition coefficient (Wildman–Crippen LogP) is 5.10. The van der Waals surface area contributed by atoms with Crippen molar-refractivity contribution in [3.8, 4) is 0 Å². The Morgan fingerprint density at radius 2 is 1.42 bits per heavy atom. The van der Waals surface area contributed by atoms with E-state index in [-0.39, 0.29) is 17.4 Å². The number of aryl methyl sites for hydroxylation is 1. The van der Waals surface area contributed by atoms with E-state index < -0.39 is 7.82 Å². The molecule has 1 rings (SSSR count). The first-order chi connectivity index (χ1) is 10.9. The summed E-state index contributed by atoms with van der Waals surface area (Å²) in [5, 5.41) is 0. The Hall–Kier alpha value is -0.670. The van der Waals surface area contributed by atoms with Gasteiger partial charge in [0, 0.05) is 0 Å². The van der Waals surface area contributed by atoms with Gasteiger partial charge in [-0.25, -0.2) is 4.57 Å². The minimum atomic E-state index is -4.37. The largest absolute Gasteiger partial charge is 0.469 e. The van der Waals surface area contributed by atoms with Crippen LogP contribution in [0.1, 0.15) is 77.5 Å². The van der Waals surface area contributed by atoms with Crippen LogP contribution in [0.25, 0.3) is 0 Å². The summed E-state index contributed by atoms with van der Waals surface area (Å²) in [6.45, 7) is 13.5. The van der Waals surface area contributed by atoms with Gasteiger partial charge >= 0.3 is 7.82 Å². The van der Waals surface area contributed by atoms with Gasteiger partial charge in [0.2, 0.25) is 0 Å². The number of rotatable bonds is 9. The van der Waals surface area contributed by atoms with Gasteiger partial charge in [-0.05, 0) is 53.2 Å². The minimum absolute atomic E-state index is 0.0676. The molecule has 5 heteroatoms. The second kappa shape index (κ2) is 8.14. The lowest BCUT2D eigenvalue weighted by molar-refractivity contribution is 0.195. The Kier molecular flexibility index (Phi) is 7.25. The van der Waals surface area contributed by atoms with Gasteiger partial charge in [-0.3, -0.25) is 4.52 Å². The van der Waals surface area contributed by atoms with E-state index in [1.807, 2.05) is 0 Å². The van der Waals surface area contributed by atoms with E-state index in [0.717, 1.165) is 19.3 Å². The maximum absolute atomic E-state index is 10.8. The minimum Gasteiger partial charge on any atom is -0.303 e. The smallest absolute Gasteiger partial charge is 0.303 e. The van der Waals surface area contributed by atoms with Gasteiger partial charge in [0.1, 0.15) is 0 Å². The van der Waals surface area contributed by atoms with Crippen LogP contribution in [-0.2, 0) is 26.3 Å². The van der Waals surface area contributed by atoms with Gasteiger partial charge in [-0.1, -0.05) is 59.7 Å².